The number of nitrogens with one attached hydrogen (secondary N) is 1. The van der Waals surface area contributed by atoms with Gasteiger partial charge in [-0.1, -0.05) is 6.92 Å². The number of carbonyl (C=O) groups excluding carboxylic acids is 3. The van der Waals surface area contributed by atoms with Gasteiger partial charge in [0.1, 0.15) is 6.10 Å². The van der Waals surface area contributed by atoms with Crippen molar-refractivity contribution in [3.63, 3.8) is 0 Å². The van der Waals surface area contributed by atoms with Crippen LogP contribution < -0.4 is 15.1 Å². The van der Waals surface area contributed by atoms with E-state index in [1.165, 1.54) is 0 Å². The summed E-state index contributed by atoms with van der Waals surface area (Å²) in [6.45, 7) is 3.15. The second-order valence-corrected chi connectivity index (χ2v) is 6.02. The number of cyclic esters (lactones) is 1. The van der Waals surface area contributed by atoms with E-state index < -0.39 is 6.09 Å². The van der Waals surface area contributed by atoms with E-state index >= 15 is 0 Å². The molecule has 1 atom stereocenters. The summed E-state index contributed by atoms with van der Waals surface area (Å²) >= 11 is 0. The lowest BCUT2D eigenvalue weighted by Crippen LogP contribution is -2.34. The van der Waals surface area contributed by atoms with Crippen LogP contribution in [0.3, 0.4) is 0 Å². The first kappa shape index (κ1) is 17.0. The monoisotopic (exact) mass is 343 g/mol. The lowest BCUT2D eigenvalue weighted by Gasteiger charge is -2.23. The molecule has 0 saturated carbocycles. The molecule has 0 spiro atoms. The van der Waals surface area contributed by atoms with Gasteiger partial charge in [0.15, 0.2) is 5.78 Å². The molecule has 0 aliphatic carbocycles. The van der Waals surface area contributed by atoms with E-state index in [9.17, 15) is 14.4 Å². The van der Waals surface area contributed by atoms with Gasteiger partial charge in [-0.15, -0.1) is 0 Å². The Morgan fingerprint density at radius 3 is 2.60 bits per heavy atom. The fourth-order valence-corrected chi connectivity index (χ4v) is 2.79. The van der Waals surface area contributed by atoms with Crippen molar-refractivity contribution in [2.75, 3.05) is 29.4 Å². The Bertz CT molecular complexity index is 699. The molecule has 1 aromatic carbocycles. The Labute approximate surface area is 146 Å². The molecular weight excluding hydrogens is 322 g/mol. The van der Waals surface area contributed by atoms with Crippen LogP contribution in [0.4, 0.5) is 16.2 Å². The zero-order valence-electron chi connectivity index (χ0n) is 14.1. The van der Waals surface area contributed by atoms with Gasteiger partial charge >= 0.3 is 6.09 Å². The molecular formula is C18H21N3O4. The molecule has 1 aromatic rings. The molecule has 2 heterocycles. The van der Waals surface area contributed by atoms with Gasteiger partial charge in [0.05, 0.1) is 13.1 Å². The summed E-state index contributed by atoms with van der Waals surface area (Å²) in [6.07, 6.45) is 3.50. The molecule has 0 aromatic heterocycles. The first-order chi connectivity index (χ1) is 12.1. The fourth-order valence-electron chi connectivity index (χ4n) is 2.79. The number of hydrogen-bond donors (Lipinski definition) is 1. The van der Waals surface area contributed by atoms with E-state index in [2.05, 4.69) is 5.32 Å². The lowest BCUT2D eigenvalue weighted by atomic mass is 10.1. The van der Waals surface area contributed by atoms with Crippen LogP contribution in [0.1, 0.15) is 19.8 Å². The van der Waals surface area contributed by atoms with E-state index in [0.29, 0.717) is 32.5 Å². The number of anilines is 2. The molecule has 1 N–H and O–H groups in total. The minimum absolute atomic E-state index is 0.0630. The smallest absolute Gasteiger partial charge is 0.414 e. The topological polar surface area (TPSA) is 79.0 Å². The van der Waals surface area contributed by atoms with Gasteiger partial charge in [0.2, 0.25) is 5.91 Å². The maximum absolute atomic E-state index is 12.1. The summed E-state index contributed by atoms with van der Waals surface area (Å²) in [7, 11) is 0. The highest BCUT2D eigenvalue weighted by molar-refractivity contribution is 5.92. The second kappa shape index (κ2) is 7.38. The molecule has 7 heteroatoms. The molecule has 132 valence electrons. The highest BCUT2D eigenvalue weighted by atomic mass is 16.6. The summed E-state index contributed by atoms with van der Waals surface area (Å²) in [5.74, 6) is 0.0702. The van der Waals surface area contributed by atoms with Crippen LogP contribution in [0.5, 0.6) is 0 Å². The van der Waals surface area contributed by atoms with Crippen molar-refractivity contribution in [3.8, 4) is 0 Å². The first-order valence-corrected chi connectivity index (χ1v) is 8.39. The molecule has 7 nitrogen and oxygen atoms in total. The SMILES string of the molecule is CCC(=O)NC[C@H]1CN(c2ccc(N3C=CC(=O)CC3)cc2)C(=O)O1. The van der Waals surface area contributed by atoms with Crippen molar-refractivity contribution in [1.82, 2.24) is 5.32 Å². The van der Waals surface area contributed by atoms with Crippen molar-refractivity contribution >= 4 is 29.2 Å². The van der Waals surface area contributed by atoms with E-state index in [1.807, 2.05) is 29.2 Å². The van der Waals surface area contributed by atoms with Crippen molar-refractivity contribution in [2.24, 2.45) is 0 Å². The number of ether oxygens (including phenoxy) is 1. The maximum atomic E-state index is 12.1. The average Bonchev–Trinajstić information content (AvgIpc) is 3.01. The predicted molar refractivity (Wildman–Crippen MR) is 93.5 cm³/mol. The van der Waals surface area contributed by atoms with Gasteiger partial charge in [-0.3, -0.25) is 14.5 Å². The fraction of sp³-hybridized carbons (Fsp3) is 0.389. The minimum atomic E-state index is -0.410. The van der Waals surface area contributed by atoms with Crippen LogP contribution in [-0.2, 0) is 14.3 Å². The minimum Gasteiger partial charge on any atom is -0.442 e. The Balaban J connectivity index is 1.62. The van der Waals surface area contributed by atoms with Crippen molar-refractivity contribution in [1.29, 1.82) is 0 Å². The number of hydrogen-bond acceptors (Lipinski definition) is 5. The summed E-state index contributed by atoms with van der Waals surface area (Å²) in [4.78, 5) is 38.2. The zero-order chi connectivity index (χ0) is 17.8. The number of carbonyl (C=O) groups is 3. The van der Waals surface area contributed by atoms with E-state index in [4.69, 9.17) is 4.74 Å². The normalized spacial score (nSPS) is 20.0. The third-order valence-corrected chi connectivity index (χ3v) is 4.25. The van der Waals surface area contributed by atoms with E-state index in [1.54, 1.807) is 24.1 Å². The molecule has 1 saturated heterocycles. The zero-order valence-corrected chi connectivity index (χ0v) is 14.1. The molecule has 0 radical (unpaired) electrons. The number of rotatable bonds is 5. The van der Waals surface area contributed by atoms with Crippen LogP contribution in [0.15, 0.2) is 36.5 Å². The molecule has 25 heavy (non-hydrogen) atoms. The maximum Gasteiger partial charge on any atom is 0.414 e. The van der Waals surface area contributed by atoms with Gasteiger partial charge < -0.3 is 15.0 Å². The van der Waals surface area contributed by atoms with Crippen LogP contribution in [0.25, 0.3) is 0 Å². The lowest BCUT2D eigenvalue weighted by molar-refractivity contribution is -0.121. The molecule has 2 aliphatic heterocycles. The van der Waals surface area contributed by atoms with Crippen molar-refractivity contribution in [3.05, 3.63) is 36.5 Å². The molecule has 2 aliphatic rings. The molecule has 0 unspecified atom stereocenters. The van der Waals surface area contributed by atoms with Crippen molar-refractivity contribution < 1.29 is 19.1 Å². The first-order valence-electron chi connectivity index (χ1n) is 8.39. The predicted octanol–water partition coefficient (Wildman–Crippen LogP) is 1.83. The summed E-state index contributed by atoms with van der Waals surface area (Å²) in [6, 6.07) is 7.53. The standard InChI is InChI=1S/C18H21N3O4/c1-2-17(23)19-11-16-12-21(18(24)25-16)14-5-3-13(4-6-14)20-9-7-15(22)8-10-20/h3-7,9,16H,2,8,10-12H2,1H3,(H,19,23)/t16-/m0/s1. The second-order valence-electron chi connectivity index (χ2n) is 6.02. The summed E-state index contributed by atoms with van der Waals surface area (Å²) in [5.41, 5.74) is 1.71. The highest BCUT2D eigenvalue weighted by Crippen LogP contribution is 2.25. The quantitative estimate of drug-likeness (QED) is 0.882. The van der Waals surface area contributed by atoms with E-state index in [0.717, 1.165) is 11.4 Å². The van der Waals surface area contributed by atoms with Crippen LogP contribution >= 0.6 is 0 Å². The molecule has 3 rings (SSSR count). The van der Waals surface area contributed by atoms with Gasteiger partial charge in [-0.25, -0.2) is 4.79 Å². The summed E-state index contributed by atoms with van der Waals surface area (Å²) < 4.78 is 5.29. The molecule has 1 fully saturated rings. The van der Waals surface area contributed by atoms with Gasteiger partial charge in [0, 0.05) is 37.0 Å². The highest BCUT2D eigenvalue weighted by Gasteiger charge is 2.32. The Morgan fingerprint density at radius 2 is 1.96 bits per heavy atom. The number of nitrogens with zero attached hydrogens (tertiary/aromatic N) is 2. The number of benzene rings is 1. The molecule has 2 amide bonds. The third-order valence-electron chi connectivity index (χ3n) is 4.25. The Hall–Kier alpha value is -2.83. The van der Waals surface area contributed by atoms with Crippen LogP contribution in [-0.4, -0.2) is 43.5 Å². The number of amides is 2. The van der Waals surface area contributed by atoms with Crippen LogP contribution in [0, 0.1) is 0 Å². The largest absolute Gasteiger partial charge is 0.442 e. The number of ketones is 1. The van der Waals surface area contributed by atoms with Crippen molar-refractivity contribution in [2.45, 2.75) is 25.9 Å². The van der Waals surface area contributed by atoms with E-state index in [-0.39, 0.29) is 17.8 Å². The average molecular weight is 343 g/mol. The third kappa shape index (κ3) is 3.99. The molecule has 0 bridgehead atoms. The van der Waals surface area contributed by atoms with Gasteiger partial charge in [-0.2, -0.15) is 0 Å². The Morgan fingerprint density at radius 1 is 1.24 bits per heavy atom. The van der Waals surface area contributed by atoms with Crippen LogP contribution in [0.2, 0.25) is 0 Å². The van der Waals surface area contributed by atoms with Gasteiger partial charge in [0.25, 0.3) is 0 Å². The summed E-state index contributed by atoms with van der Waals surface area (Å²) in [5, 5.41) is 2.74. The van der Waals surface area contributed by atoms with Gasteiger partial charge in [-0.05, 0) is 30.3 Å². The number of allylic oxidation sites excluding steroid dienone is 1. The Kier molecular flexibility index (Phi) is 5.02.